The maximum atomic E-state index is 11.5. The molecule has 84 valence electrons. The Kier molecular flexibility index (Phi) is 3.85. The molecule has 0 radical (unpaired) electrons. The van der Waals surface area contributed by atoms with Crippen LogP contribution in [0.1, 0.15) is 26.7 Å². The van der Waals surface area contributed by atoms with Gasteiger partial charge >= 0.3 is 6.03 Å². The van der Waals surface area contributed by atoms with Crippen molar-refractivity contribution in [2.24, 2.45) is 0 Å². The highest BCUT2D eigenvalue weighted by Crippen LogP contribution is 2.12. The van der Waals surface area contributed by atoms with Crippen molar-refractivity contribution in [3.8, 4) is 0 Å². The highest BCUT2D eigenvalue weighted by molar-refractivity contribution is 5.76. The minimum absolute atomic E-state index is 0.261. The van der Waals surface area contributed by atoms with Gasteiger partial charge in [0.15, 0.2) is 0 Å². The average molecular weight is 211 g/mol. The van der Waals surface area contributed by atoms with Gasteiger partial charge in [0.05, 0.1) is 5.60 Å². The summed E-state index contributed by atoms with van der Waals surface area (Å²) in [6.07, 6.45) is 5.76. The first-order valence-corrected chi connectivity index (χ1v) is 5.10. The summed E-state index contributed by atoms with van der Waals surface area (Å²) < 4.78 is 1.34. The van der Waals surface area contributed by atoms with Gasteiger partial charge in [-0.2, -0.15) is 0 Å². The van der Waals surface area contributed by atoms with Crippen molar-refractivity contribution in [2.45, 2.75) is 32.3 Å². The Morgan fingerprint density at radius 1 is 1.53 bits per heavy atom. The Morgan fingerprint density at radius 2 is 2.20 bits per heavy atom. The molecule has 5 nitrogen and oxygen atoms in total. The Balaban J connectivity index is 2.47. The van der Waals surface area contributed by atoms with Crippen LogP contribution in [-0.4, -0.2) is 32.8 Å². The molecule has 0 aromatic carbocycles. The molecule has 2 N–H and O–H groups in total. The van der Waals surface area contributed by atoms with E-state index in [0.717, 1.165) is 0 Å². The minimum atomic E-state index is -0.809. The molecule has 1 rings (SSSR count). The van der Waals surface area contributed by atoms with Crippen molar-refractivity contribution in [1.29, 1.82) is 0 Å². The second kappa shape index (κ2) is 4.93. The summed E-state index contributed by atoms with van der Waals surface area (Å²) >= 11 is 0. The summed E-state index contributed by atoms with van der Waals surface area (Å²) in [5.41, 5.74) is -0.809. The van der Waals surface area contributed by atoms with E-state index >= 15 is 0 Å². The van der Waals surface area contributed by atoms with Crippen LogP contribution < -0.4 is 5.32 Å². The third kappa shape index (κ3) is 3.06. The van der Waals surface area contributed by atoms with Crippen molar-refractivity contribution in [3.63, 3.8) is 0 Å². The fourth-order valence-corrected chi connectivity index (χ4v) is 1.21. The van der Waals surface area contributed by atoms with Gasteiger partial charge in [0, 0.05) is 18.9 Å². The molecule has 0 saturated carbocycles. The third-order valence-electron chi connectivity index (χ3n) is 2.62. The topological polar surface area (TPSA) is 67.2 Å². The molecular formula is C10H17N3O2. The number of nitrogens with one attached hydrogen (secondary N) is 1. The second-order valence-corrected chi connectivity index (χ2v) is 3.56. The summed E-state index contributed by atoms with van der Waals surface area (Å²) in [5.74, 6) is 0. The average Bonchev–Trinajstić information content (AvgIpc) is 2.79. The van der Waals surface area contributed by atoms with E-state index < -0.39 is 5.60 Å². The first kappa shape index (κ1) is 11.7. The molecule has 1 aromatic rings. The van der Waals surface area contributed by atoms with E-state index in [2.05, 4.69) is 10.3 Å². The Hall–Kier alpha value is -1.36. The van der Waals surface area contributed by atoms with Crippen LogP contribution in [0.4, 0.5) is 4.79 Å². The van der Waals surface area contributed by atoms with Crippen molar-refractivity contribution < 1.29 is 9.90 Å². The van der Waals surface area contributed by atoms with E-state index in [4.69, 9.17) is 0 Å². The zero-order valence-corrected chi connectivity index (χ0v) is 9.10. The molecule has 0 saturated heterocycles. The van der Waals surface area contributed by atoms with E-state index in [1.54, 1.807) is 6.20 Å². The molecule has 15 heavy (non-hydrogen) atoms. The maximum absolute atomic E-state index is 11.5. The Bertz CT molecular complexity index is 304. The molecule has 5 heteroatoms. The largest absolute Gasteiger partial charge is 0.388 e. The molecule has 0 atom stereocenters. The van der Waals surface area contributed by atoms with Crippen molar-refractivity contribution >= 4 is 6.03 Å². The van der Waals surface area contributed by atoms with Crippen LogP contribution >= 0.6 is 0 Å². The zero-order chi connectivity index (χ0) is 11.3. The van der Waals surface area contributed by atoms with Crippen LogP contribution in [0, 0.1) is 0 Å². The molecule has 0 aliphatic heterocycles. The summed E-state index contributed by atoms with van der Waals surface area (Å²) in [5, 5.41) is 12.6. The number of hydrogen-bond acceptors (Lipinski definition) is 3. The molecule has 0 unspecified atom stereocenters. The number of hydrogen-bond donors (Lipinski definition) is 2. The molecule has 0 aliphatic rings. The van der Waals surface area contributed by atoms with E-state index in [0.29, 0.717) is 12.8 Å². The van der Waals surface area contributed by atoms with E-state index in [1.165, 1.54) is 17.1 Å². The monoisotopic (exact) mass is 211 g/mol. The molecule has 0 aliphatic carbocycles. The highest BCUT2D eigenvalue weighted by atomic mass is 16.3. The molecule has 1 heterocycles. The minimum Gasteiger partial charge on any atom is -0.388 e. The lowest BCUT2D eigenvalue weighted by atomic mass is 9.98. The second-order valence-electron chi connectivity index (χ2n) is 3.56. The fraction of sp³-hybridized carbons (Fsp3) is 0.600. The molecule has 1 aromatic heterocycles. The van der Waals surface area contributed by atoms with E-state index in [1.807, 2.05) is 13.8 Å². The van der Waals surface area contributed by atoms with Crippen molar-refractivity contribution in [3.05, 3.63) is 18.7 Å². The summed E-state index contributed by atoms with van der Waals surface area (Å²) in [6.45, 7) is 4.05. The van der Waals surface area contributed by atoms with Crippen LogP contribution in [0.5, 0.6) is 0 Å². The van der Waals surface area contributed by atoms with Gasteiger partial charge in [0.25, 0.3) is 0 Å². The number of rotatable bonds is 4. The normalized spacial score (nSPS) is 11.4. The van der Waals surface area contributed by atoms with Crippen LogP contribution in [0.2, 0.25) is 0 Å². The first-order valence-electron chi connectivity index (χ1n) is 5.10. The number of imidazole rings is 1. The smallest absolute Gasteiger partial charge is 0.326 e. The van der Waals surface area contributed by atoms with Gasteiger partial charge in [0.1, 0.15) is 6.33 Å². The number of aromatic nitrogens is 2. The SMILES string of the molecule is CCC(O)(CC)CNC(=O)n1ccnc1. The molecule has 0 spiro atoms. The molecular weight excluding hydrogens is 194 g/mol. The predicted molar refractivity (Wildman–Crippen MR) is 56.6 cm³/mol. The van der Waals surface area contributed by atoms with Gasteiger partial charge in [-0.05, 0) is 12.8 Å². The third-order valence-corrected chi connectivity index (χ3v) is 2.62. The molecule has 0 bridgehead atoms. The maximum Gasteiger partial charge on any atom is 0.326 e. The lowest BCUT2D eigenvalue weighted by Gasteiger charge is -2.25. The van der Waals surface area contributed by atoms with E-state index in [9.17, 15) is 9.90 Å². The van der Waals surface area contributed by atoms with Gasteiger partial charge in [-0.15, -0.1) is 0 Å². The summed E-state index contributed by atoms with van der Waals surface area (Å²) in [4.78, 5) is 15.3. The standard InChI is InChI=1S/C10H17N3O2/c1-3-10(15,4-2)7-12-9(14)13-6-5-11-8-13/h5-6,8,15H,3-4,7H2,1-2H3,(H,12,14). The zero-order valence-electron chi connectivity index (χ0n) is 9.10. The Morgan fingerprint density at radius 3 is 2.67 bits per heavy atom. The predicted octanol–water partition coefficient (Wildman–Crippen LogP) is 0.992. The lowest BCUT2D eigenvalue weighted by Crippen LogP contribution is -2.43. The number of carbonyl (C=O) groups is 1. The van der Waals surface area contributed by atoms with Gasteiger partial charge in [-0.25, -0.2) is 9.78 Å². The summed E-state index contributed by atoms with van der Waals surface area (Å²) in [6, 6.07) is -0.271. The number of amides is 1. The van der Waals surface area contributed by atoms with Crippen molar-refractivity contribution in [1.82, 2.24) is 14.9 Å². The molecule has 1 amide bonds. The number of aliphatic hydroxyl groups is 1. The highest BCUT2D eigenvalue weighted by Gasteiger charge is 2.22. The Labute approximate surface area is 89.1 Å². The van der Waals surface area contributed by atoms with Gasteiger partial charge < -0.3 is 10.4 Å². The van der Waals surface area contributed by atoms with Crippen LogP contribution in [0.15, 0.2) is 18.7 Å². The number of nitrogens with zero attached hydrogens (tertiary/aromatic N) is 2. The number of carbonyl (C=O) groups excluding carboxylic acids is 1. The van der Waals surface area contributed by atoms with Crippen molar-refractivity contribution in [2.75, 3.05) is 6.54 Å². The van der Waals surface area contributed by atoms with Crippen LogP contribution in [0.25, 0.3) is 0 Å². The first-order chi connectivity index (χ1) is 7.11. The molecule has 0 fully saturated rings. The fourth-order valence-electron chi connectivity index (χ4n) is 1.21. The van der Waals surface area contributed by atoms with E-state index in [-0.39, 0.29) is 12.6 Å². The quantitative estimate of drug-likeness (QED) is 0.780. The summed E-state index contributed by atoms with van der Waals surface area (Å²) in [7, 11) is 0. The van der Waals surface area contributed by atoms with Gasteiger partial charge in [-0.1, -0.05) is 13.8 Å². The van der Waals surface area contributed by atoms with Gasteiger partial charge in [-0.3, -0.25) is 4.57 Å². The van der Waals surface area contributed by atoms with Crippen LogP contribution in [0.3, 0.4) is 0 Å². The van der Waals surface area contributed by atoms with Crippen LogP contribution in [-0.2, 0) is 0 Å². The van der Waals surface area contributed by atoms with Gasteiger partial charge in [0.2, 0.25) is 0 Å². The lowest BCUT2D eigenvalue weighted by molar-refractivity contribution is 0.0350.